The Balaban J connectivity index is 1.17. The molecular formula is C28H32N4O3S. The summed E-state index contributed by atoms with van der Waals surface area (Å²) >= 11 is 1.66. The van der Waals surface area contributed by atoms with Gasteiger partial charge in [-0.3, -0.25) is 9.78 Å². The van der Waals surface area contributed by atoms with Crippen molar-refractivity contribution in [3.8, 4) is 0 Å². The molecule has 36 heavy (non-hydrogen) atoms. The summed E-state index contributed by atoms with van der Waals surface area (Å²) in [6.45, 7) is 6.93. The number of esters is 1. The first kappa shape index (κ1) is 24.6. The molecule has 0 spiro atoms. The van der Waals surface area contributed by atoms with Gasteiger partial charge in [0.05, 0.1) is 24.1 Å². The van der Waals surface area contributed by atoms with Crippen LogP contribution >= 0.6 is 11.9 Å². The van der Waals surface area contributed by atoms with E-state index in [1.54, 1.807) is 24.1 Å². The number of piperidine rings is 1. The lowest BCUT2D eigenvalue weighted by atomic mass is 9.97. The lowest BCUT2D eigenvalue weighted by molar-refractivity contribution is -0.137. The van der Waals surface area contributed by atoms with Crippen LogP contribution < -0.4 is 4.90 Å². The molecule has 1 atom stereocenters. The number of fused-ring (bicyclic) bond motifs is 1. The minimum atomic E-state index is -0.331. The minimum absolute atomic E-state index is 0.0249. The van der Waals surface area contributed by atoms with Crippen LogP contribution in [0.4, 0.5) is 5.69 Å². The fourth-order valence-corrected chi connectivity index (χ4v) is 6.12. The van der Waals surface area contributed by atoms with Crippen molar-refractivity contribution in [2.75, 3.05) is 51.3 Å². The molecule has 1 aromatic heterocycles. The van der Waals surface area contributed by atoms with Crippen molar-refractivity contribution in [3.05, 3.63) is 65.9 Å². The van der Waals surface area contributed by atoms with E-state index in [2.05, 4.69) is 45.4 Å². The summed E-state index contributed by atoms with van der Waals surface area (Å²) in [5.41, 5.74) is 3.97. The van der Waals surface area contributed by atoms with E-state index in [4.69, 9.17) is 4.74 Å². The number of anilines is 1. The van der Waals surface area contributed by atoms with Gasteiger partial charge >= 0.3 is 5.97 Å². The zero-order chi connectivity index (χ0) is 25.1. The lowest BCUT2D eigenvalue weighted by Gasteiger charge is -2.39. The van der Waals surface area contributed by atoms with Gasteiger partial charge in [-0.25, -0.2) is 9.10 Å². The summed E-state index contributed by atoms with van der Waals surface area (Å²) in [7, 11) is 1.39. The maximum absolute atomic E-state index is 13.4. The van der Waals surface area contributed by atoms with E-state index >= 15 is 0 Å². The first-order valence-corrected chi connectivity index (χ1v) is 13.3. The minimum Gasteiger partial charge on any atom is -0.465 e. The van der Waals surface area contributed by atoms with E-state index in [1.165, 1.54) is 23.7 Å². The highest BCUT2D eigenvalue weighted by molar-refractivity contribution is 7.97. The summed E-state index contributed by atoms with van der Waals surface area (Å²) in [6, 6.07) is 15.9. The van der Waals surface area contributed by atoms with Crippen molar-refractivity contribution in [1.82, 2.24) is 14.2 Å². The van der Waals surface area contributed by atoms with Crippen LogP contribution in [0.1, 0.15) is 28.8 Å². The van der Waals surface area contributed by atoms with E-state index in [9.17, 15) is 9.59 Å². The number of pyridine rings is 1. The van der Waals surface area contributed by atoms with Crippen LogP contribution in [0.3, 0.4) is 0 Å². The number of ether oxygens (including phenoxy) is 1. The topological polar surface area (TPSA) is 66.0 Å². The van der Waals surface area contributed by atoms with Crippen LogP contribution in [0.2, 0.25) is 0 Å². The molecule has 2 saturated heterocycles. The molecule has 0 aliphatic carbocycles. The first-order valence-electron chi connectivity index (χ1n) is 12.5. The molecule has 7 nitrogen and oxygen atoms in total. The summed E-state index contributed by atoms with van der Waals surface area (Å²) in [5, 5.41) is 1.17. The molecule has 3 aromatic rings. The number of amides is 1. The maximum atomic E-state index is 13.4. The van der Waals surface area contributed by atoms with Crippen LogP contribution in [0, 0.1) is 12.8 Å². The molecule has 0 N–H and O–H groups in total. The Hall–Kier alpha value is -3.10. The highest BCUT2D eigenvalue weighted by atomic mass is 32.2. The monoisotopic (exact) mass is 504 g/mol. The van der Waals surface area contributed by atoms with Crippen molar-refractivity contribution in [2.24, 2.45) is 5.92 Å². The number of hydrogen-bond acceptors (Lipinski definition) is 7. The molecule has 0 bridgehead atoms. The third-order valence-corrected chi connectivity index (χ3v) is 8.12. The Kier molecular flexibility index (Phi) is 7.43. The second-order valence-electron chi connectivity index (χ2n) is 9.50. The van der Waals surface area contributed by atoms with Crippen LogP contribution in [0.5, 0.6) is 0 Å². The standard InChI is InChI=1S/C28H32N4O3S/c1-20-5-10-24-25(18-20)29-12-11-26(24)30-14-16-31(17-15-30)27(33)22-4-3-13-32(19-22)36-23-8-6-21(7-9-23)28(34)35-2/h5-12,18,22H,3-4,13-17,19H2,1-2H3. The van der Waals surface area contributed by atoms with Gasteiger partial charge in [0.15, 0.2) is 0 Å². The number of nitrogens with zero attached hydrogens (tertiary/aromatic N) is 4. The maximum Gasteiger partial charge on any atom is 0.337 e. The third kappa shape index (κ3) is 5.34. The zero-order valence-electron chi connectivity index (χ0n) is 20.9. The van der Waals surface area contributed by atoms with Gasteiger partial charge in [0, 0.05) is 61.4 Å². The van der Waals surface area contributed by atoms with Gasteiger partial charge in [0.1, 0.15) is 0 Å². The highest BCUT2D eigenvalue weighted by Gasteiger charge is 2.31. The number of methoxy groups -OCH3 is 1. The van der Waals surface area contributed by atoms with E-state index < -0.39 is 0 Å². The molecule has 1 amide bonds. The molecule has 188 valence electrons. The molecule has 0 saturated carbocycles. The number of aromatic nitrogens is 1. The molecular weight excluding hydrogens is 472 g/mol. The first-order chi connectivity index (χ1) is 17.5. The Bertz CT molecular complexity index is 1240. The van der Waals surface area contributed by atoms with Gasteiger partial charge in [-0.15, -0.1) is 0 Å². The number of carbonyl (C=O) groups is 2. The van der Waals surface area contributed by atoms with Crippen molar-refractivity contribution < 1.29 is 14.3 Å². The lowest BCUT2D eigenvalue weighted by Crippen LogP contribution is -2.52. The smallest absolute Gasteiger partial charge is 0.337 e. The van der Waals surface area contributed by atoms with E-state index in [-0.39, 0.29) is 17.8 Å². The highest BCUT2D eigenvalue weighted by Crippen LogP contribution is 2.31. The van der Waals surface area contributed by atoms with Crippen LogP contribution in [0.15, 0.2) is 59.6 Å². The fourth-order valence-electron chi connectivity index (χ4n) is 5.09. The number of benzene rings is 2. The summed E-state index contributed by atoms with van der Waals surface area (Å²) < 4.78 is 7.05. The molecule has 5 rings (SSSR count). The third-order valence-electron chi connectivity index (χ3n) is 7.05. The SMILES string of the molecule is COC(=O)c1ccc(SN2CCCC(C(=O)N3CCN(c4ccnc5cc(C)ccc45)CC3)C2)cc1. The molecule has 2 aliphatic rings. The van der Waals surface area contributed by atoms with Crippen LogP contribution in [0.25, 0.3) is 10.9 Å². The van der Waals surface area contributed by atoms with Crippen LogP contribution in [-0.4, -0.2) is 72.4 Å². The van der Waals surface area contributed by atoms with Crippen molar-refractivity contribution >= 4 is 40.4 Å². The second-order valence-corrected chi connectivity index (χ2v) is 10.7. The average Bonchev–Trinajstić information content (AvgIpc) is 2.92. The number of piperazine rings is 1. The van der Waals surface area contributed by atoms with Gasteiger partial charge in [-0.05, 0) is 73.7 Å². The molecule has 1 unspecified atom stereocenters. The normalized spacial score (nSPS) is 18.9. The Labute approximate surface area is 216 Å². The molecule has 2 fully saturated rings. The predicted molar refractivity (Wildman–Crippen MR) is 143 cm³/mol. The van der Waals surface area contributed by atoms with Crippen LogP contribution in [-0.2, 0) is 9.53 Å². The number of carbonyl (C=O) groups excluding carboxylic acids is 2. The fraction of sp³-hybridized carbons (Fsp3) is 0.393. The van der Waals surface area contributed by atoms with Crippen molar-refractivity contribution in [1.29, 1.82) is 0 Å². The largest absolute Gasteiger partial charge is 0.465 e. The molecule has 2 aromatic carbocycles. The predicted octanol–water partition coefficient (Wildman–Crippen LogP) is 4.40. The Morgan fingerprint density at radius 2 is 1.78 bits per heavy atom. The van der Waals surface area contributed by atoms with Crippen molar-refractivity contribution in [3.63, 3.8) is 0 Å². The number of aryl methyl sites for hydroxylation is 1. The van der Waals surface area contributed by atoms with Crippen molar-refractivity contribution in [2.45, 2.75) is 24.7 Å². The van der Waals surface area contributed by atoms with Gasteiger partial charge < -0.3 is 14.5 Å². The van der Waals surface area contributed by atoms with E-state index in [0.717, 1.165) is 62.5 Å². The zero-order valence-corrected chi connectivity index (χ0v) is 21.7. The molecule has 2 aliphatic heterocycles. The summed E-state index contributed by atoms with van der Waals surface area (Å²) in [6.07, 6.45) is 3.82. The molecule has 8 heteroatoms. The van der Waals surface area contributed by atoms with Gasteiger partial charge in [-0.2, -0.15) is 0 Å². The van der Waals surface area contributed by atoms with E-state index in [1.807, 2.05) is 23.2 Å². The molecule has 0 radical (unpaired) electrons. The Morgan fingerprint density at radius 3 is 2.53 bits per heavy atom. The second kappa shape index (κ2) is 10.9. The van der Waals surface area contributed by atoms with E-state index in [0.29, 0.717) is 5.56 Å². The Morgan fingerprint density at radius 1 is 1.00 bits per heavy atom. The summed E-state index contributed by atoms with van der Waals surface area (Å²) in [5.74, 6) is -0.0319. The number of rotatable bonds is 5. The number of hydrogen-bond donors (Lipinski definition) is 0. The van der Waals surface area contributed by atoms with Gasteiger partial charge in [0.25, 0.3) is 0 Å². The summed E-state index contributed by atoms with van der Waals surface area (Å²) in [4.78, 5) is 35.1. The average molecular weight is 505 g/mol. The molecule has 3 heterocycles. The quantitative estimate of drug-likeness (QED) is 0.377. The van der Waals surface area contributed by atoms with Gasteiger partial charge in [-0.1, -0.05) is 12.1 Å². The van der Waals surface area contributed by atoms with Gasteiger partial charge in [0.2, 0.25) is 5.91 Å².